The second-order valence-electron chi connectivity index (χ2n) is 6.74. The van der Waals surface area contributed by atoms with E-state index in [1.165, 1.54) is 0 Å². The predicted octanol–water partition coefficient (Wildman–Crippen LogP) is 2.80. The van der Waals surface area contributed by atoms with Gasteiger partial charge in [-0.2, -0.15) is 0 Å². The second kappa shape index (κ2) is 12.4. The molecule has 0 fully saturated rings. The van der Waals surface area contributed by atoms with Crippen LogP contribution in [0.2, 0.25) is 0 Å². The number of nitrogens with zero attached hydrogens (tertiary/aromatic N) is 1. The van der Waals surface area contributed by atoms with Gasteiger partial charge in [-0.15, -0.1) is 0 Å². The summed E-state index contributed by atoms with van der Waals surface area (Å²) < 4.78 is 10.8. The summed E-state index contributed by atoms with van der Waals surface area (Å²) >= 11 is 0. The van der Waals surface area contributed by atoms with Crippen molar-refractivity contribution in [1.29, 1.82) is 0 Å². The van der Waals surface area contributed by atoms with E-state index < -0.39 is 0 Å². The van der Waals surface area contributed by atoms with Gasteiger partial charge in [-0.1, -0.05) is 26.0 Å². The van der Waals surface area contributed by atoms with Gasteiger partial charge >= 0.3 is 0 Å². The molecule has 0 heterocycles. The zero-order chi connectivity index (χ0) is 19.4. The minimum absolute atomic E-state index is 0.216. The number of rotatable bonds is 11. The molecular weight excluding hydrogens is 330 g/mol. The first-order valence-corrected chi connectivity index (χ1v) is 9.38. The van der Waals surface area contributed by atoms with Gasteiger partial charge in [0.1, 0.15) is 0 Å². The van der Waals surface area contributed by atoms with Crippen molar-refractivity contribution in [3.05, 3.63) is 23.8 Å². The van der Waals surface area contributed by atoms with Crippen molar-refractivity contribution in [1.82, 2.24) is 10.6 Å². The molecule has 0 spiro atoms. The van der Waals surface area contributed by atoms with E-state index in [0.29, 0.717) is 29.9 Å². The monoisotopic (exact) mass is 365 g/mol. The number of nitrogens with one attached hydrogen (secondary N) is 2. The van der Waals surface area contributed by atoms with Gasteiger partial charge in [0.2, 0.25) is 0 Å². The second-order valence-corrected chi connectivity index (χ2v) is 6.74. The van der Waals surface area contributed by atoms with E-state index in [-0.39, 0.29) is 6.61 Å². The van der Waals surface area contributed by atoms with Crippen LogP contribution in [0.15, 0.2) is 23.2 Å². The maximum absolute atomic E-state index is 9.28. The van der Waals surface area contributed by atoms with E-state index in [9.17, 15) is 5.11 Å². The molecule has 1 unspecified atom stereocenters. The number of aliphatic hydroxyl groups excluding tert-OH is 1. The van der Waals surface area contributed by atoms with Crippen LogP contribution in [0, 0.1) is 11.8 Å². The molecule has 1 rings (SSSR count). The van der Waals surface area contributed by atoms with Gasteiger partial charge in [0.25, 0.3) is 0 Å². The fourth-order valence-electron chi connectivity index (χ4n) is 2.98. The fourth-order valence-corrected chi connectivity index (χ4v) is 2.98. The van der Waals surface area contributed by atoms with Gasteiger partial charge in [0, 0.05) is 25.3 Å². The molecule has 0 aliphatic rings. The number of methoxy groups -OCH3 is 2. The van der Waals surface area contributed by atoms with Gasteiger partial charge in [-0.05, 0) is 37.7 Å². The Bertz CT molecular complexity index is 547. The number of aliphatic hydroxyl groups is 1. The van der Waals surface area contributed by atoms with E-state index in [0.717, 1.165) is 37.5 Å². The predicted molar refractivity (Wildman–Crippen MR) is 107 cm³/mol. The van der Waals surface area contributed by atoms with Crippen molar-refractivity contribution in [2.45, 2.75) is 40.2 Å². The summed E-state index contributed by atoms with van der Waals surface area (Å²) in [6.45, 7) is 8.74. The first kappa shape index (κ1) is 22.1. The molecule has 6 heteroatoms. The number of ether oxygens (including phenoxy) is 2. The molecule has 1 aromatic rings. The van der Waals surface area contributed by atoms with Crippen molar-refractivity contribution in [2.75, 3.05) is 33.9 Å². The Kier molecular flexibility index (Phi) is 10.5. The Labute approximate surface area is 158 Å². The van der Waals surface area contributed by atoms with Crippen LogP contribution < -0.4 is 20.1 Å². The largest absolute Gasteiger partial charge is 0.493 e. The number of guanidine groups is 1. The third kappa shape index (κ3) is 7.52. The van der Waals surface area contributed by atoms with Crippen molar-refractivity contribution in [3.63, 3.8) is 0 Å². The maximum atomic E-state index is 9.28. The first-order valence-electron chi connectivity index (χ1n) is 9.38. The third-order valence-electron chi connectivity index (χ3n) is 4.14. The summed E-state index contributed by atoms with van der Waals surface area (Å²) in [7, 11) is 3.27. The standard InChI is InChI=1S/C20H35N3O3/c1-6-21-20(22-13-16(10-11-24)12-15(2)3)23-14-17-8-7-9-18(25-4)19(17)26-5/h7-9,15-16,24H,6,10-14H2,1-5H3,(H2,21,22,23). The molecule has 0 bridgehead atoms. The molecule has 0 aromatic heterocycles. The van der Waals surface area contributed by atoms with Gasteiger partial charge in [-0.3, -0.25) is 0 Å². The molecule has 6 nitrogen and oxygen atoms in total. The van der Waals surface area contributed by atoms with Crippen LogP contribution in [0.5, 0.6) is 11.5 Å². The van der Waals surface area contributed by atoms with Crippen molar-refractivity contribution >= 4 is 5.96 Å². The van der Waals surface area contributed by atoms with Gasteiger partial charge in [0.15, 0.2) is 17.5 Å². The smallest absolute Gasteiger partial charge is 0.191 e. The minimum Gasteiger partial charge on any atom is -0.493 e. The Balaban J connectivity index is 2.80. The SMILES string of the molecule is CCNC(=NCc1cccc(OC)c1OC)NCC(CCO)CC(C)C. The van der Waals surface area contributed by atoms with Gasteiger partial charge in [-0.25, -0.2) is 4.99 Å². The minimum atomic E-state index is 0.216. The number of aliphatic imine (C=N–C) groups is 1. The quantitative estimate of drug-likeness (QED) is 0.415. The Morgan fingerprint density at radius 3 is 2.54 bits per heavy atom. The summed E-state index contributed by atoms with van der Waals surface area (Å²) in [6.07, 6.45) is 1.88. The highest BCUT2D eigenvalue weighted by atomic mass is 16.5. The summed E-state index contributed by atoms with van der Waals surface area (Å²) in [5, 5.41) is 16.0. The Morgan fingerprint density at radius 1 is 1.19 bits per heavy atom. The zero-order valence-corrected chi connectivity index (χ0v) is 16.8. The van der Waals surface area contributed by atoms with Crippen LogP contribution in [0.4, 0.5) is 0 Å². The number of para-hydroxylation sites is 1. The van der Waals surface area contributed by atoms with Crippen molar-refractivity contribution in [3.8, 4) is 11.5 Å². The van der Waals surface area contributed by atoms with Crippen LogP contribution in [-0.4, -0.2) is 45.0 Å². The van der Waals surface area contributed by atoms with Gasteiger partial charge in [0.05, 0.1) is 20.8 Å². The molecular formula is C20H35N3O3. The molecule has 0 aliphatic carbocycles. The summed E-state index contributed by atoms with van der Waals surface area (Å²) in [4.78, 5) is 4.68. The number of hydrogen-bond donors (Lipinski definition) is 3. The molecule has 1 aromatic carbocycles. The first-order chi connectivity index (χ1) is 12.5. The van der Waals surface area contributed by atoms with Crippen LogP contribution >= 0.6 is 0 Å². The summed E-state index contributed by atoms with van der Waals surface area (Å²) in [5.74, 6) is 3.22. The highest BCUT2D eigenvalue weighted by molar-refractivity contribution is 5.79. The van der Waals surface area contributed by atoms with Crippen LogP contribution in [0.25, 0.3) is 0 Å². The van der Waals surface area contributed by atoms with E-state index in [1.807, 2.05) is 25.1 Å². The van der Waals surface area contributed by atoms with Crippen molar-refractivity contribution < 1.29 is 14.6 Å². The molecule has 0 saturated carbocycles. The van der Waals surface area contributed by atoms with E-state index in [1.54, 1.807) is 14.2 Å². The normalized spacial score (nSPS) is 12.8. The van der Waals surface area contributed by atoms with E-state index in [2.05, 4.69) is 29.5 Å². The van der Waals surface area contributed by atoms with Crippen LogP contribution in [-0.2, 0) is 6.54 Å². The zero-order valence-electron chi connectivity index (χ0n) is 16.8. The molecule has 0 aliphatic heterocycles. The molecule has 3 N–H and O–H groups in total. The lowest BCUT2D eigenvalue weighted by Crippen LogP contribution is -2.40. The Hall–Kier alpha value is -1.95. The molecule has 148 valence electrons. The van der Waals surface area contributed by atoms with Crippen LogP contribution in [0.3, 0.4) is 0 Å². The highest BCUT2D eigenvalue weighted by Gasteiger charge is 2.12. The van der Waals surface area contributed by atoms with Crippen LogP contribution in [0.1, 0.15) is 39.2 Å². The lowest BCUT2D eigenvalue weighted by molar-refractivity contribution is 0.243. The Morgan fingerprint density at radius 2 is 1.96 bits per heavy atom. The summed E-state index contributed by atoms with van der Waals surface area (Å²) in [5.41, 5.74) is 0.971. The number of benzene rings is 1. The molecule has 0 radical (unpaired) electrons. The number of hydrogen-bond acceptors (Lipinski definition) is 4. The van der Waals surface area contributed by atoms with Crippen molar-refractivity contribution in [2.24, 2.45) is 16.8 Å². The average molecular weight is 366 g/mol. The van der Waals surface area contributed by atoms with E-state index in [4.69, 9.17) is 9.47 Å². The summed E-state index contributed by atoms with van der Waals surface area (Å²) in [6, 6.07) is 5.80. The average Bonchev–Trinajstić information content (AvgIpc) is 2.63. The van der Waals surface area contributed by atoms with E-state index >= 15 is 0 Å². The van der Waals surface area contributed by atoms with Gasteiger partial charge < -0.3 is 25.2 Å². The molecule has 1 atom stereocenters. The fraction of sp³-hybridized carbons (Fsp3) is 0.650. The third-order valence-corrected chi connectivity index (χ3v) is 4.14. The molecule has 0 amide bonds. The molecule has 26 heavy (non-hydrogen) atoms. The molecule has 0 saturated heterocycles. The maximum Gasteiger partial charge on any atom is 0.191 e. The lowest BCUT2D eigenvalue weighted by atomic mass is 9.94. The lowest BCUT2D eigenvalue weighted by Gasteiger charge is -2.20. The topological polar surface area (TPSA) is 75.1 Å². The highest BCUT2D eigenvalue weighted by Crippen LogP contribution is 2.31.